The van der Waals surface area contributed by atoms with Gasteiger partial charge in [0.25, 0.3) is 0 Å². The van der Waals surface area contributed by atoms with Gasteiger partial charge in [-0.05, 0) is 49.6 Å². The monoisotopic (exact) mass is 372 g/mol. The molecule has 0 spiro atoms. The second kappa shape index (κ2) is 9.31. The van der Waals surface area contributed by atoms with Crippen LogP contribution in [0, 0.1) is 5.82 Å². The average Bonchev–Trinajstić information content (AvgIpc) is 2.68. The Bertz CT molecular complexity index is 715. The number of hydrogen-bond acceptors (Lipinski definition) is 4. The predicted molar refractivity (Wildman–Crippen MR) is 105 cm³/mol. The molecule has 1 atom stereocenters. The van der Waals surface area contributed by atoms with Crippen molar-refractivity contribution in [1.82, 2.24) is 10.2 Å². The highest BCUT2D eigenvalue weighted by Crippen LogP contribution is 2.20. The molecular weight excluding hydrogens is 343 g/mol. The minimum atomic E-state index is -0.761. The number of hydrogen-bond donors (Lipinski definition) is 2. The van der Waals surface area contributed by atoms with E-state index in [0.717, 1.165) is 38.1 Å². The number of methoxy groups -OCH3 is 1. The second-order valence-electron chi connectivity index (χ2n) is 7.40. The van der Waals surface area contributed by atoms with Gasteiger partial charge in [0.05, 0.1) is 12.7 Å². The lowest BCUT2D eigenvalue weighted by Gasteiger charge is -2.37. The molecule has 1 aliphatic rings. The van der Waals surface area contributed by atoms with Crippen LogP contribution < -0.4 is 10.1 Å². The summed E-state index contributed by atoms with van der Waals surface area (Å²) in [4.78, 5) is 2.16. The second-order valence-corrected chi connectivity index (χ2v) is 7.40. The molecule has 146 valence electrons. The van der Waals surface area contributed by atoms with Crippen molar-refractivity contribution < 1.29 is 14.2 Å². The first-order chi connectivity index (χ1) is 13.1. The Morgan fingerprint density at radius 1 is 1.19 bits per heavy atom. The first kappa shape index (κ1) is 19.8. The van der Waals surface area contributed by atoms with Gasteiger partial charge in [-0.2, -0.15) is 0 Å². The summed E-state index contributed by atoms with van der Waals surface area (Å²) in [5.41, 5.74) is 1.10. The lowest BCUT2D eigenvalue weighted by Crippen LogP contribution is -2.53. The standard InChI is InChI=1S/C22H29FN2O2/c1-27-20-9-7-18(8-10-20)11-14-25(15-19-5-2-3-6-21(19)23)17-22(26)12-4-13-24-16-22/h2-3,5-10,24,26H,4,11-17H2,1H3/t22-/m1/s1. The van der Waals surface area contributed by atoms with Crippen LogP contribution in [0.3, 0.4) is 0 Å². The van der Waals surface area contributed by atoms with Crippen LogP contribution in [0.15, 0.2) is 48.5 Å². The summed E-state index contributed by atoms with van der Waals surface area (Å²) in [6.07, 6.45) is 2.57. The van der Waals surface area contributed by atoms with E-state index in [1.807, 2.05) is 24.3 Å². The fraction of sp³-hybridized carbons (Fsp3) is 0.455. The molecule has 0 aliphatic carbocycles. The molecule has 2 aromatic rings. The normalized spacial score (nSPS) is 20.0. The summed E-state index contributed by atoms with van der Waals surface area (Å²) in [5.74, 6) is 0.644. The van der Waals surface area contributed by atoms with Crippen LogP contribution in [-0.4, -0.2) is 48.9 Å². The maximum absolute atomic E-state index is 14.2. The van der Waals surface area contributed by atoms with E-state index >= 15 is 0 Å². The number of ether oxygens (including phenoxy) is 1. The highest BCUT2D eigenvalue weighted by Gasteiger charge is 2.31. The van der Waals surface area contributed by atoms with E-state index in [0.29, 0.717) is 25.2 Å². The van der Waals surface area contributed by atoms with E-state index in [1.54, 1.807) is 13.2 Å². The van der Waals surface area contributed by atoms with Crippen molar-refractivity contribution >= 4 is 0 Å². The third-order valence-corrected chi connectivity index (χ3v) is 5.20. The van der Waals surface area contributed by atoms with E-state index in [1.165, 1.54) is 11.6 Å². The van der Waals surface area contributed by atoms with E-state index in [9.17, 15) is 9.50 Å². The highest BCUT2D eigenvalue weighted by atomic mass is 19.1. The minimum absolute atomic E-state index is 0.194. The lowest BCUT2D eigenvalue weighted by molar-refractivity contribution is -0.0173. The lowest BCUT2D eigenvalue weighted by atomic mass is 9.93. The van der Waals surface area contributed by atoms with Gasteiger partial charge in [0.15, 0.2) is 0 Å². The van der Waals surface area contributed by atoms with Gasteiger partial charge in [-0.3, -0.25) is 4.90 Å². The Hall–Kier alpha value is -1.95. The summed E-state index contributed by atoms with van der Waals surface area (Å²) in [7, 11) is 1.66. The largest absolute Gasteiger partial charge is 0.497 e. The summed E-state index contributed by atoms with van der Waals surface area (Å²) in [6.45, 7) is 3.31. The first-order valence-corrected chi connectivity index (χ1v) is 9.60. The van der Waals surface area contributed by atoms with Crippen molar-refractivity contribution in [3.63, 3.8) is 0 Å². The third kappa shape index (κ3) is 5.76. The van der Waals surface area contributed by atoms with Crippen LogP contribution in [0.2, 0.25) is 0 Å². The van der Waals surface area contributed by atoms with Gasteiger partial charge in [-0.15, -0.1) is 0 Å². The quantitative estimate of drug-likeness (QED) is 0.748. The molecule has 27 heavy (non-hydrogen) atoms. The number of piperidine rings is 1. The van der Waals surface area contributed by atoms with Gasteiger partial charge in [0.1, 0.15) is 11.6 Å². The predicted octanol–water partition coefficient (Wildman–Crippen LogP) is 2.99. The zero-order valence-corrected chi connectivity index (χ0v) is 16.0. The van der Waals surface area contributed by atoms with Gasteiger partial charge in [0, 0.05) is 31.7 Å². The molecule has 0 saturated carbocycles. The van der Waals surface area contributed by atoms with Crippen LogP contribution in [0.1, 0.15) is 24.0 Å². The summed E-state index contributed by atoms with van der Waals surface area (Å²) >= 11 is 0. The average molecular weight is 372 g/mol. The summed E-state index contributed by atoms with van der Waals surface area (Å²) in [5, 5.41) is 14.2. The Labute approximate surface area is 161 Å². The van der Waals surface area contributed by atoms with Gasteiger partial charge in [0.2, 0.25) is 0 Å². The van der Waals surface area contributed by atoms with Crippen LogP contribution >= 0.6 is 0 Å². The van der Waals surface area contributed by atoms with Gasteiger partial charge in [-0.25, -0.2) is 4.39 Å². The molecule has 1 saturated heterocycles. The minimum Gasteiger partial charge on any atom is -0.497 e. The zero-order chi connectivity index (χ0) is 19.1. The molecule has 5 heteroatoms. The Morgan fingerprint density at radius 3 is 2.63 bits per heavy atom. The molecule has 0 aromatic heterocycles. The smallest absolute Gasteiger partial charge is 0.127 e. The molecule has 1 heterocycles. The fourth-order valence-electron chi connectivity index (χ4n) is 3.66. The highest BCUT2D eigenvalue weighted by molar-refractivity contribution is 5.27. The van der Waals surface area contributed by atoms with Crippen LogP contribution in [0.5, 0.6) is 5.75 Å². The SMILES string of the molecule is COc1ccc(CCN(Cc2ccccc2F)C[C@@]2(O)CCCNC2)cc1. The van der Waals surface area contributed by atoms with Crippen LogP contribution in [-0.2, 0) is 13.0 Å². The Kier molecular flexibility index (Phi) is 6.83. The number of nitrogens with one attached hydrogen (secondary N) is 1. The molecule has 0 radical (unpaired) electrons. The molecule has 3 rings (SSSR count). The van der Waals surface area contributed by atoms with E-state index in [-0.39, 0.29) is 5.82 Å². The summed E-state index contributed by atoms with van der Waals surface area (Å²) < 4.78 is 19.4. The number of aliphatic hydroxyl groups is 1. The zero-order valence-electron chi connectivity index (χ0n) is 16.0. The molecule has 1 aliphatic heterocycles. The fourth-order valence-corrected chi connectivity index (χ4v) is 3.66. The molecule has 1 fully saturated rings. The van der Waals surface area contributed by atoms with Crippen molar-refractivity contribution in [2.24, 2.45) is 0 Å². The van der Waals surface area contributed by atoms with Crippen molar-refractivity contribution in [3.05, 3.63) is 65.5 Å². The molecule has 0 bridgehead atoms. The maximum atomic E-state index is 14.2. The molecule has 2 N–H and O–H groups in total. The van der Waals surface area contributed by atoms with Gasteiger partial charge < -0.3 is 15.2 Å². The Balaban J connectivity index is 1.68. The van der Waals surface area contributed by atoms with Crippen molar-refractivity contribution in [2.45, 2.75) is 31.4 Å². The molecule has 0 unspecified atom stereocenters. The van der Waals surface area contributed by atoms with E-state index in [4.69, 9.17) is 4.74 Å². The van der Waals surface area contributed by atoms with Crippen molar-refractivity contribution in [2.75, 3.05) is 33.3 Å². The Morgan fingerprint density at radius 2 is 1.96 bits per heavy atom. The van der Waals surface area contributed by atoms with Crippen LogP contribution in [0.25, 0.3) is 0 Å². The molecular formula is C22H29FN2O2. The van der Waals surface area contributed by atoms with E-state index < -0.39 is 5.60 Å². The third-order valence-electron chi connectivity index (χ3n) is 5.20. The molecule has 4 nitrogen and oxygen atoms in total. The van der Waals surface area contributed by atoms with Crippen LogP contribution in [0.4, 0.5) is 4.39 Å². The summed E-state index contributed by atoms with van der Waals surface area (Å²) in [6, 6.07) is 14.9. The van der Waals surface area contributed by atoms with E-state index in [2.05, 4.69) is 22.3 Å². The van der Waals surface area contributed by atoms with Crippen molar-refractivity contribution in [3.8, 4) is 5.75 Å². The number of nitrogens with zero attached hydrogens (tertiary/aromatic N) is 1. The molecule has 2 aromatic carbocycles. The topological polar surface area (TPSA) is 44.7 Å². The number of benzene rings is 2. The first-order valence-electron chi connectivity index (χ1n) is 9.60. The number of rotatable bonds is 8. The number of halogens is 1. The number of β-amino-alcohol motifs (C(OH)–C–C–N with tert-alkyl or cyclic N) is 1. The van der Waals surface area contributed by atoms with Gasteiger partial charge in [-0.1, -0.05) is 30.3 Å². The van der Waals surface area contributed by atoms with Crippen molar-refractivity contribution in [1.29, 1.82) is 0 Å². The maximum Gasteiger partial charge on any atom is 0.127 e. The molecule has 0 amide bonds. The van der Waals surface area contributed by atoms with Gasteiger partial charge >= 0.3 is 0 Å².